The highest BCUT2D eigenvalue weighted by molar-refractivity contribution is 5.68. The predicted molar refractivity (Wildman–Crippen MR) is 106 cm³/mol. The molecule has 0 N–H and O–H groups in total. The molecule has 2 aliphatic rings. The number of hydrogen-bond donors (Lipinski definition) is 0. The first-order chi connectivity index (χ1) is 15.1. The molecule has 3 rings (SSSR count). The summed E-state index contributed by atoms with van der Waals surface area (Å²) in [6, 6.07) is 1.96. The molecule has 0 aromatic carbocycles. The molecule has 32 heavy (non-hydrogen) atoms. The number of rotatable bonds is 5. The largest absolute Gasteiger partial charge is 0.472 e. The van der Waals surface area contributed by atoms with Gasteiger partial charge in [-0.25, -0.2) is 14.8 Å². The van der Waals surface area contributed by atoms with Crippen molar-refractivity contribution in [3.05, 3.63) is 18.1 Å². The van der Waals surface area contributed by atoms with E-state index >= 15 is 0 Å². The molecule has 0 bridgehead atoms. The average Bonchev–Trinajstić information content (AvgIpc) is 2.75. The topological polar surface area (TPSA) is 97.6 Å². The molecule has 1 aromatic heterocycles. The van der Waals surface area contributed by atoms with Crippen LogP contribution in [0, 0.1) is 11.3 Å². The Morgan fingerprint density at radius 3 is 2.19 bits per heavy atom. The van der Waals surface area contributed by atoms with Crippen molar-refractivity contribution in [2.24, 2.45) is 0 Å². The number of piperidine rings is 1. The minimum atomic E-state index is -4.63. The molecule has 176 valence electrons. The van der Waals surface area contributed by atoms with Gasteiger partial charge in [0, 0.05) is 25.5 Å². The van der Waals surface area contributed by atoms with Crippen molar-refractivity contribution in [3.8, 4) is 11.9 Å². The molecule has 0 spiro atoms. The standard InChI is InChI=1S/C21H27F3N4O4/c1-20(2,21(22,23)24)32-19(29)28-11-7-16(8-12-28)30-14-3-5-15(6-4-14)31-18-17(13-25)26-9-10-27-18/h9-10,14-16H,3-8,11-12H2,1-2H3. The lowest BCUT2D eigenvalue weighted by Crippen LogP contribution is -2.49. The fourth-order valence-electron chi connectivity index (χ4n) is 3.72. The molecule has 1 saturated carbocycles. The fourth-order valence-corrected chi connectivity index (χ4v) is 3.72. The fraction of sp³-hybridized carbons (Fsp3) is 0.714. The van der Waals surface area contributed by atoms with E-state index in [0.29, 0.717) is 25.9 Å². The van der Waals surface area contributed by atoms with Crippen LogP contribution in [0.4, 0.5) is 18.0 Å². The predicted octanol–water partition coefficient (Wildman–Crippen LogP) is 4.00. The van der Waals surface area contributed by atoms with Crippen molar-refractivity contribution in [2.75, 3.05) is 13.1 Å². The Bertz CT molecular complexity index is 827. The van der Waals surface area contributed by atoms with Crippen LogP contribution in [-0.4, -0.2) is 64.1 Å². The summed E-state index contributed by atoms with van der Waals surface area (Å²) in [6.07, 6.45) is 1.45. The van der Waals surface area contributed by atoms with Crippen LogP contribution in [-0.2, 0) is 9.47 Å². The van der Waals surface area contributed by atoms with Crippen LogP contribution in [0.25, 0.3) is 0 Å². The normalized spacial score (nSPS) is 22.8. The summed E-state index contributed by atoms with van der Waals surface area (Å²) in [4.78, 5) is 21.4. The maximum Gasteiger partial charge on any atom is 0.427 e. The van der Waals surface area contributed by atoms with E-state index in [2.05, 4.69) is 14.7 Å². The number of halogens is 3. The zero-order chi connectivity index (χ0) is 23.4. The molecular formula is C21H27F3N4O4. The number of likely N-dealkylation sites (tertiary alicyclic amines) is 1. The average molecular weight is 456 g/mol. The number of nitrogens with zero attached hydrogens (tertiary/aromatic N) is 4. The molecule has 2 heterocycles. The number of aromatic nitrogens is 2. The Labute approximate surface area is 184 Å². The van der Waals surface area contributed by atoms with E-state index in [9.17, 15) is 18.0 Å². The lowest BCUT2D eigenvalue weighted by atomic mass is 9.94. The van der Waals surface area contributed by atoms with E-state index in [4.69, 9.17) is 14.7 Å². The summed E-state index contributed by atoms with van der Waals surface area (Å²) >= 11 is 0. The van der Waals surface area contributed by atoms with Gasteiger partial charge in [0.2, 0.25) is 11.3 Å². The summed E-state index contributed by atoms with van der Waals surface area (Å²) in [6.45, 7) is 2.26. The van der Waals surface area contributed by atoms with E-state index in [1.807, 2.05) is 6.07 Å². The first kappa shape index (κ1) is 24.0. The van der Waals surface area contributed by atoms with Gasteiger partial charge in [0.1, 0.15) is 12.2 Å². The van der Waals surface area contributed by atoms with Gasteiger partial charge in [-0.3, -0.25) is 0 Å². The van der Waals surface area contributed by atoms with E-state index in [1.54, 1.807) is 0 Å². The van der Waals surface area contributed by atoms with Crippen molar-refractivity contribution in [1.29, 1.82) is 5.26 Å². The van der Waals surface area contributed by atoms with Crippen molar-refractivity contribution in [2.45, 2.75) is 82.5 Å². The van der Waals surface area contributed by atoms with Crippen molar-refractivity contribution >= 4 is 6.09 Å². The zero-order valence-electron chi connectivity index (χ0n) is 18.1. The highest BCUT2D eigenvalue weighted by atomic mass is 19.4. The van der Waals surface area contributed by atoms with Crippen LogP contribution in [0.15, 0.2) is 12.4 Å². The maximum absolute atomic E-state index is 12.9. The highest BCUT2D eigenvalue weighted by Crippen LogP contribution is 2.34. The van der Waals surface area contributed by atoms with Gasteiger partial charge >= 0.3 is 12.3 Å². The quantitative estimate of drug-likeness (QED) is 0.661. The van der Waals surface area contributed by atoms with Gasteiger partial charge in [0.25, 0.3) is 5.88 Å². The third kappa shape index (κ3) is 6.00. The van der Waals surface area contributed by atoms with Gasteiger partial charge in [0.05, 0.1) is 12.2 Å². The van der Waals surface area contributed by atoms with Gasteiger partial charge in [-0.05, 0) is 52.4 Å². The third-order valence-corrected chi connectivity index (χ3v) is 5.78. The molecule has 1 aliphatic carbocycles. The maximum atomic E-state index is 12.9. The number of carbonyl (C=O) groups excluding carboxylic acids is 1. The second-order valence-electron chi connectivity index (χ2n) is 8.54. The van der Waals surface area contributed by atoms with Crippen LogP contribution in [0.5, 0.6) is 5.88 Å². The van der Waals surface area contributed by atoms with Gasteiger partial charge < -0.3 is 19.1 Å². The Morgan fingerprint density at radius 2 is 1.59 bits per heavy atom. The number of amides is 1. The number of nitriles is 1. The molecule has 1 saturated heterocycles. The SMILES string of the molecule is CC(C)(OC(=O)N1CCC(OC2CCC(Oc3nccnc3C#N)CC2)CC1)C(F)(F)F. The molecule has 1 aromatic rings. The molecule has 1 aliphatic heterocycles. The van der Waals surface area contributed by atoms with Crippen LogP contribution in [0.1, 0.15) is 58.1 Å². The van der Waals surface area contributed by atoms with Crippen LogP contribution < -0.4 is 4.74 Å². The molecule has 1 amide bonds. The van der Waals surface area contributed by atoms with E-state index in [-0.39, 0.29) is 29.9 Å². The smallest absolute Gasteiger partial charge is 0.427 e. The summed E-state index contributed by atoms with van der Waals surface area (Å²) in [5, 5.41) is 9.08. The minimum absolute atomic E-state index is 0.0534. The Balaban J connectivity index is 1.39. The van der Waals surface area contributed by atoms with Crippen molar-refractivity contribution < 1.29 is 32.2 Å². The Morgan fingerprint density at radius 1 is 1.03 bits per heavy atom. The van der Waals surface area contributed by atoms with Crippen molar-refractivity contribution in [1.82, 2.24) is 14.9 Å². The first-order valence-electron chi connectivity index (χ1n) is 10.7. The lowest BCUT2D eigenvalue weighted by molar-refractivity contribution is -0.246. The molecule has 0 unspecified atom stereocenters. The molecule has 8 nitrogen and oxygen atoms in total. The number of alkyl halides is 3. The minimum Gasteiger partial charge on any atom is -0.472 e. The summed E-state index contributed by atoms with van der Waals surface area (Å²) in [5.74, 6) is 0.243. The number of hydrogen-bond acceptors (Lipinski definition) is 7. The Kier molecular flexibility index (Phi) is 7.44. The van der Waals surface area contributed by atoms with Crippen LogP contribution in [0.2, 0.25) is 0 Å². The molecule has 0 atom stereocenters. The number of carbonyl (C=O) groups is 1. The highest BCUT2D eigenvalue weighted by Gasteiger charge is 2.51. The Hall–Kier alpha value is -2.61. The van der Waals surface area contributed by atoms with Gasteiger partial charge in [-0.2, -0.15) is 18.4 Å². The summed E-state index contributed by atoms with van der Waals surface area (Å²) < 4.78 is 55.5. The number of ether oxygens (including phenoxy) is 3. The second kappa shape index (κ2) is 9.90. The lowest BCUT2D eigenvalue weighted by Gasteiger charge is -2.37. The van der Waals surface area contributed by atoms with Gasteiger partial charge in [-0.1, -0.05) is 0 Å². The summed E-state index contributed by atoms with van der Waals surface area (Å²) in [5.41, 5.74) is -2.37. The van der Waals surface area contributed by atoms with E-state index in [0.717, 1.165) is 39.5 Å². The molecule has 2 fully saturated rings. The van der Waals surface area contributed by atoms with Gasteiger partial charge in [0.15, 0.2) is 0 Å². The molecule has 0 radical (unpaired) electrons. The van der Waals surface area contributed by atoms with Crippen molar-refractivity contribution in [3.63, 3.8) is 0 Å². The second-order valence-corrected chi connectivity index (χ2v) is 8.54. The van der Waals surface area contributed by atoms with E-state index < -0.39 is 17.9 Å². The third-order valence-electron chi connectivity index (χ3n) is 5.78. The summed E-state index contributed by atoms with van der Waals surface area (Å²) in [7, 11) is 0. The molecule has 11 heteroatoms. The first-order valence-corrected chi connectivity index (χ1v) is 10.7. The molecular weight excluding hydrogens is 429 g/mol. The van der Waals surface area contributed by atoms with Gasteiger partial charge in [-0.15, -0.1) is 0 Å². The van der Waals surface area contributed by atoms with Crippen LogP contribution in [0.3, 0.4) is 0 Å². The van der Waals surface area contributed by atoms with Crippen LogP contribution >= 0.6 is 0 Å². The zero-order valence-corrected chi connectivity index (χ0v) is 18.1. The monoisotopic (exact) mass is 456 g/mol. The van der Waals surface area contributed by atoms with E-state index in [1.165, 1.54) is 17.3 Å².